The van der Waals surface area contributed by atoms with Crippen molar-refractivity contribution in [2.75, 3.05) is 0 Å². The summed E-state index contributed by atoms with van der Waals surface area (Å²) in [6.07, 6.45) is -2.90. The molecule has 24 heavy (non-hydrogen) atoms. The van der Waals surface area contributed by atoms with Crippen LogP contribution in [0.3, 0.4) is 0 Å². The average Bonchev–Trinajstić information content (AvgIpc) is 2.95. The van der Waals surface area contributed by atoms with E-state index in [2.05, 4.69) is 9.82 Å². The number of pyridine rings is 1. The van der Waals surface area contributed by atoms with Crippen molar-refractivity contribution in [1.82, 2.24) is 14.3 Å². The Hall–Kier alpha value is -2.39. The first-order valence-corrected chi connectivity index (χ1v) is 8.34. The zero-order chi connectivity index (χ0) is 17.4. The predicted molar refractivity (Wildman–Crippen MR) is 80.7 cm³/mol. The van der Waals surface area contributed by atoms with Gasteiger partial charge in [-0.05, 0) is 36.4 Å². The van der Waals surface area contributed by atoms with E-state index in [1.165, 1.54) is 0 Å². The number of fused-ring (bicyclic) bond motifs is 1. The highest BCUT2D eigenvalue weighted by Crippen LogP contribution is 2.30. The molecule has 126 valence electrons. The molecule has 0 aliphatic carbocycles. The van der Waals surface area contributed by atoms with Crippen molar-refractivity contribution in [2.45, 2.75) is 17.6 Å². The minimum Gasteiger partial charge on any atom is -0.241 e. The number of hydrogen-bond donors (Lipinski definition) is 1. The quantitative estimate of drug-likeness (QED) is 0.783. The van der Waals surface area contributed by atoms with E-state index in [-0.39, 0.29) is 6.54 Å². The molecule has 0 atom stereocenters. The lowest BCUT2D eigenvalue weighted by Crippen LogP contribution is -2.24. The molecule has 0 bridgehead atoms. The van der Waals surface area contributed by atoms with E-state index in [9.17, 15) is 21.6 Å². The third-order valence-corrected chi connectivity index (χ3v) is 4.73. The number of aromatic nitrogens is 2. The van der Waals surface area contributed by atoms with Gasteiger partial charge in [0.25, 0.3) is 0 Å². The van der Waals surface area contributed by atoms with Gasteiger partial charge >= 0.3 is 6.18 Å². The topological polar surface area (TPSA) is 63.5 Å². The van der Waals surface area contributed by atoms with Crippen molar-refractivity contribution in [3.63, 3.8) is 0 Å². The van der Waals surface area contributed by atoms with E-state index >= 15 is 0 Å². The number of rotatable bonds is 4. The Labute approximate surface area is 135 Å². The van der Waals surface area contributed by atoms with Gasteiger partial charge in [0, 0.05) is 6.20 Å². The fraction of sp³-hybridized carbons (Fsp3) is 0.133. The number of nitrogens with one attached hydrogen (secondary N) is 1. The maximum atomic E-state index is 12.7. The van der Waals surface area contributed by atoms with Gasteiger partial charge in [-0.1, -0.05) is 12.1 Å². The highest BCUT2D eigenvalue weighted by atomic mass is 32.2. The number of nitrogens with zero attached hydrogens (tertiary/aromatic N) is 2. The minimum absolute atomic E-state index is 0.125. The minimum atomic E-state index is -4.60. The Bertz CT molecular complexity index is 948. The molecule has 0 amide bonds. The van der Waals surface area contributed by atoms with Gasteiger partial charge in [-0.15, -0.1) is 0 Å². The summed E-state index contributed by atoms with van der Waals surface area (Å²) in [5, 5.41) is 4.18. The molecule has 1 aromatic carbocycles. The lowest BCUT2D eigenvalue weighted by molar-refractivity contribution is -0.137. The molecule has 9 heteroatoms. The summed E-state index contributed by atoms with van der Waals surface area (Å²) in [5.74, 6) is 0. The Kier molecular flexibility index (Phi) is 4.06. The number of sulfonamides is 1. The van der Waals surface area contributed by atoms with Crippen molar-refractivity contribution in [3.8, 4) is 0 Å². The van der Waals surface area contributed by atoms with Crippen LogP contribution in [0.4, 0.5) is 13.2 Å². The highest BCUT2D eigenvalue weighted by Gasteiger charge is 2.31. The first-order chi connectivity index (χ1) is 11.3. The van der Waals surface area contributed by atoms with Gasteiger partial charge in [-0.25, -0.2) is 17.7 Å². The van der Waals surface area contributed by atoms with Crippen LogP contribution in [0.1, 0.15) is 11.3 Å². The van der Waals surface area contributed by atoms with Crippen molar-refractivity contribution >= 4 is 15.5 Å². The number of alkyl halides is 3. The molecule has 0 aliphatic rings. The molecule has 1 N–H and O–H groups in total. The second-order valence-corrected chi connectivity index (χ2v) is 6.82. The fourth-order valence-corrected chi connectivity index (χ4v) is 3.21. The summed E-state index contributed by atoms with van der Waals surface area (Å²) in [4.78, 5) is -0.443. The molecule has 0 saturated carbocycles. The maximum Gasteiger partial charge on any atom is 0.416 e. The SMILES string of the molecule is O=S(=O)(NCc1cc2ccccn2n1)c1cccc(C(F)(F)F)c1. The molecule has 3 aromatic rings. The van der Waals surface area contributed by atoms with Gasteiger partial charge in [0.15, 0.2) is 0 Å². The third-order valence-electron chi connectivity index (χ3n) is 3.34. The van der Waals surface area contributed by atoms with Gasteiger partial charge in [0.05, 0.1) is 28.2 Å². The van der Waals surface area contributed by atoms with Gasteiger partial charge in [0.1, 0.15) is 0 Å². The van der Waals surface area contributed by atoms with Crippen molar-refractivity contribution in [2.24, 2.45) is 0 Å². The molecule has 0 radical (unpaired) electrons. The largest absolute Gasteiger partial charge is 0.416 e. The van der Waals surface area contributed by atoms with Crippen molar-refractivity contribution in [3.05, 3.63) is 66.0 Å². The second-order valence-electron chi connectivity index (χ2n) is 5.06. The van der Waals surface area contributed by atoms with E-state index in [4.69, 9.17) is 0 Å². The first kappa shape index (κ1) is 16.5. The first-order valence-electron chi connectivity index (χ1n) is 6.86. The van der Waals surface area contributed by atoms with Crippen LogP contribution >= 0.6 is 0 Å². The lowest BCUT2D eigenvalue weighted by atomic mass is 10.2. The molecule has 2 aromatic heterocycles. The Morgan fingerprint density at radius 1 is 1.08 bits per heavy atom. The summed E-state index contributed by atoms with van der Waals surface area (Å²) in [6, 6.07) is 10.7. The normalized spacial score (nSPS) is 12.6. The van der Waals surface area contributed by atoms with E-state index in [1.807, 2.05) is 6.07 Å². The Morgan fingerprint density at radius 2 is 1.88 bits per heavy atom. The van der Waals surface area contributed by atoms with Crippen molar-refractivity contribution < 1.29 is 21.6 Å². The van der Waals surface area contributed by atoms with Crippen molar-refractivity contribution in [1.29, 1.82) is 0 Å². The van der Waals surface area contributed by atoms with Crippen LogP contribution in [0.5, 0.6) is 0 Å². The summed E-state index contributed by atoms with van der Waals surface area (Å²) in [6.45, 7) is -0.125. The van der Waals surface area contributed by atoms with Crippen LogP contribution < -0.4 is 4.72 Å². The van der Waals surface area contributed by atoms with Gasteiger partial charge in [-0.2, -0.15) is 18.3 Å². The Balaban J connectivity index is 1.81. The summed E-state index contributed by atoms with van der Waals surface area (Å²) in [5.41, 5.74) is 0.223. The molecule has 0 saturated heterocycles. The molecular formula is C15H12F3N3O2S. The molecule has 0 fully saturated rings. The van der Waals surface area contributed by atoms with Gasteiger partial charge in [-0.3, -0.25) is 0 Å². The molecule has 2 heterocycles. The summed E-state index contributed by atoms with van der Waals surface area (Å²) in [7, 11) is -4.08. The second kappa shape index (κ2) is 5.91. The smallest absolute Gasteiger partial charge is 0.241 e. The number of halogens is 3. The highest BCUT2D eigenvalue weighted by molar-refractivity contribution is 7.89. The molecule has 0 unspecified atom stereocenters. The van der Waals surface area contributed by atoms with E-state index in [0.29, 0.717) is 11.8 Å². The Morgan fingerprint density at radius 3 is 2.58 bits per heavy atom. The number of benzene rings is 1. The summed E-state index contributed by atoms with van der Waals surface area (Å²) >= 11 is 0. The molecule has 5 nitrogen and oxygen atoms in total. The summed E-state index contributed by atoms with van der Waals surface area (Å²) < 4.78 is 66.3. The standard InChI is InChI=1S/C15H12F3N3O2S/c16-15(17,18)11-4-3-6-14(8-11)24(22,23)19-10-12-9-13-5-1-2-7-21(13)20-12/h1-9,19H,10H2. The van der Waals surface area contributed by atoms with E-state index < -0.39 is 26.7 Å². The molecule has 0 spiro atoms. The van der Waals surface area contributed by atoms with Gasteiger partial charge < -0.3 is 0 Å². The fourth-order valence-electron chi connectivity index (χ4n) is 2.17. The van der Waals surface area contributed by atoms with Crippen LogP contribution in [-0.4, -0.2) is 18.0 Å². The monoisotopic (exact) mass is 355 g/mol. The van der Waals surface area contributed by atoms with E-state index in [1.54, 1.807) is 28.9 Å². The predicted octanol–water partition coefficient (Wildman–Crippen LogP) is 2.83. The van der Waals surface area contributed by atoms with Crippen LogP contribution in [0.25, 0.3) is 5.52 Å². The molecular weight excluding hydrogens is 343 g/mol. The van der Waals surface area contributed by atoms with Crippen LogP contribution in [0.15, 0.2) is 59.6 Å². The average molecular weight is 355 g/mol. The zero-order valence-corrected chi connectivity index (χ0v) is 13.0. The van der Waals surface area contributed by atoms with E-state index in [0.717, 1.165) is 23.7 Å². The molecule has 0 aliphatic heterocycles. The van der Waals surface area contributed by atoms with Crippen LogP contribution in [0, 0.1) is 0 Å². The zero-order valence-electron chi connectivity index (χ0n) is 12.2. The van der Waals surface area contributed by atoms with Crippen LogP contribution in [0.2, 0.25) is 0 Å². The maximum absolute atomic E-state index is 12.7. The lowest BCUT2D eigenvalue weighted by Gasteiger charge is -2.09. The third kappa shape index (κ3) is 3.41. The number of hydrogen-bond acceptors (Lipinski definition) is 3. The molecule has 3 rings (SSSR count). The van der Waals surface area contributed by atoms with Gasteiger partial charge in [0.2, 0.25) is 10.0 Å². The van der Waals surface area contributed by atoms with Crippen LogP contribution in [-0.2, 0) is 22.7 Å².